The van der Waals surface area contributed by atoms with Gasteiger partial charge in [0.15, 0.2) is 0 Å². The molecule has 0 bridgehead atoms. The van der Waals surface area contributed by atoms with Crippen molar-refractivity contribution in [2.45, 2.75) is 65.8 Å². The molecule has 1 atom stereocenters. The van der Waals surface area contributed by atoms with E-state index >= 15 is 0 Å². The van der Waals surface area contributed by atoms with Gasteiger partial charge in [0, 0.05) is 38.2 Å². The van der Waals surface area contributed by atoms with Crippen molar-refractivity contribution in [3.8, 4) is 6.07 Å². The highest BCUT2D eigenvalue weighted by atomic mass is 32.2. The average molecular weight is 517 g/mol. The van der Waals surface area contributed by atoms with Gasteiger partial charge < -0.3 is 10.0 Å². The van der Waals surface area contributed by atoms with Crippen LogP contribution >= 0.6 is 24.0 Å². The minimum Gasteiger partial charge on any atom is -0.481 e. The number of rotatable bonds is 9. The summed E-state index contributed by atoms with van der Waals surface area (Å²) in [6, 6.07) is 2.07. The second-order valence-corrected chi connectivity index (χ2v) is 10.8. The number of aromatic nitrogens is 1. The first kappa shape index (κ1) is 27.0. The third-order valence-corrected chi connectivity index (χ3v) is 7.92. The van der Waals surface area contributed by atoms with E-state index in [1.807, 2.05) is 6.92 Å². The predicted octanol–water partition coefficient (Wildman–Crippen LogP) is 4.13. The maximum Gasteiger partial charge on any atom is 0.303 e. The van der Waals surface area contributed by atoms with Crippen LogP contribution in [-0.2, 0) is 16.1 Å². The Balaban J connectivity index is 1.98. The zero-order chi connectivity index (χ0) is 25.7. The molecule has 1 aromatic rings. The van der Waals surface area contributed by atoms with E-state index < -0.39 is 5.97 Å². The summed E-state index contributed by atoms with van der Waals surface area (Å²) in [5, 5.41) is 18.5. The number of carboxylic acid groups (broad SMARTS) is 1. The molecule has 35 heavy (non-hydrogen) atoms. The fraction of sp³-hybridized carbons (Fsp3) is 0.560. The third-order valence-electron chi connectivity index (χ3n) is 6.54. The molecule has 2 aliphatic heterocycles. The number of hydrogen-bond donors (Lipinski definition) is 1. The first-order valence-corrected chi connectivity index (χ1v) is 13.3. The lowest BCUT2D eigenvalue weighted by Crippen LogP contribution is -2.40. The van der Waals surface area contributed by atoms with Gasteiger partial charge in [-0.25, -0.2) is 0 Å². The van der Waals surface area contributed by atoms with Crippen LogP contribution < -0.4 is 10.5 Å². The molecule has 3 heterocycles. The number of aliphatic carboxylic acids is 1. The Morgan fingerprint density at radius 1 is 1.31 bits per heavy atom. The number of anilines is 1. The summed E-state index contributed by atoms with van der Waals surface area (Å²) in [4.78, 5) is 41.3. The van der Waals surface area contributed by atoms with Gasteiger partial charge in [0.1, 0.15) is 21.8 Å². The number of carbonyl (C=O) groups excluding carboxylic acids is 1. The van der Waals surface area contributed by atoms with E-state index in [9.17, 15) is 19.6 Å². The van der Waals surface area contributed by atoms with E-state index in [1.54, 1.807) is 22.5 Å². The molecule has 1 aromatic heterocycles. The standard InChI is InChI=1S/C25H32N4O4S2/c1-4-28-22(27-11-8-9-16(2)15-27)18(17(3)19(14-26)23(28)32)13-20-24(33)29(25(34)35-20)12-7-5-6-10-21(30)31/h13,16H,4-12,15H2,1-3H3,(H,30,31)/b20-13+. The van der Waals surface area contributed by atoms with Gasteiger partial charge in [-0.15, -0.1) is 0 Å². The number of carbonyl (C=O) groups is 2. The number of hydrogen-bond acceptors (Lipinski definition) is 7. The molecule has 8 nitrogen and oxygen atoms in total. The van der Waals surface area contributed by atoms with Gasteiger partial charge in [-0.2, -0.15) is 5.26 Å². The van der Waals surface area contributed by atoms with Crippen molar-refractivity contribution in [2.75, 3.05) is 24.5 Å². The molecule has 2 aliphatic rings. The molecule has 2 saturated heterocycles. The summed E-state index contributed by atoms with van der Waals surface area (Å²) in [6.45, 7) is 8.34. The Bertz CT molecular complexity index is 1150. The van der Waals surface area contributed by atoms with Crippen LogP contribution in [0.25, 0.3) is 6.08 Å². The molecule has 10 heteroatoms. The first-order chi connectivity index (χ1) is 16.7. The van der Waals surface area contributed by atoms with Crippen LogP contribution in [0.3, 0.4) is 0 Å². The summed E-state index contributed by atoms with van der Waals surface area (Å²) in [7, 11) is 0. The number of unbranched alkanes of at least 4 members (excludes halogenated alkanes) is 2. The summed E-state index contributed by atoms with van der Waals surface area (Å²) < 4.78 is 2.12. The van der Waals surface area contributed by atoms with E-state index in [4.69, 9.17) is 17.3 Å². The Labute approximate surface area is 215 Å². The van der Waals surface area contributed by atoms with Gasteiger partial charge >= 0.3 is 5.97 Å². The maximum atomic E-state index is 13.2. The zero-order valence-corrected chi connectivity index (χ0v) is 22.1. The second-order valence-electron chi connectivity index (χ2n) is 9.13. The molecule has 0 radical (unpaired) electrons. The highest BCUT2D eigenvalue weighted by molar-refractivity contribution is 8.26. The van der Waals surface area contributed by atoms with E-state index in [0.29, 0.717) is 53.1 Å². The second kappa shape index (κ2) is 11.9. The molecule has 0 aromatic carbocycles. The van der Waals surface area contributed by atoms with Crippen molar-refractivity contribution in [1.29, 1.82) is 5.26 Å². The van der Waals surface area contributed by atoms with Crippen LogP contribution in [0.1, 0.15) is 69.1 Å². The molecule has 3 rings (SSSR count). The van der Waals surface area contributed by atoms with Gasteiger partial charge in [-0.3, -0.25) is 23.9 Å². The fourth-order valence-electron chi connectivity index (χ4n) is 4.71. The van der Waals surface area contributed by atoms with Crippen LogP contribution in [0.5, 0.6) is 0 Å². The molecule has 1 N–H and O–H groups in total. The number of pyridine rings is 1. The molecule has 2 fully saturated rings. The summed E-state index contributed by atoms with van der Waals surface area (Å²) in [5.41, 5.74) is 1.10. The Hall–Kier alpha value is -2.64. The van der Waals surface area contributed by atoms with Gasteiger partial charge in [0.25, 0.3) is 11.5 Å². The topological polar surface area (TPSA) is 107 Å². The zero-order valence-electron chi connectivity index (χ0n) is 20.5. The number of piperidine rings is 1. The van der Waals surface area contributed by atoms with Gasteiger partial charge in [-0.05, 0) is 57.1 Å². The molecular formula is C25H32N4O4S2. The Morgan fingerprint density at radius 2 is 2.06 bits per heavy atom. The van der Waals surface area contributed by atoms with Crippen LogP contribution in [0.4, 0.5) is 5.82 Å². The molecule has 1 amide bonds. The summed E-state index contributed by atoms with van der Waals surface area (Å²) >= 11 is 6.70. The van der Waals surface area contributed by atoms with Crippen molar-refractivity contribution in [3.05, 3.63) is 31.9 Å². The van der Waals surface area contributed by atoms with Crippen molar-refractivity contribution in [2.24, 2.45) is 5.92 Å². The smallest absolute Gasteiger partial charge is 0.303 e. The van der Waals surface area contributed by atoms with E-state index in [2.05, 4.69) is 17.9 Å². The molecule has 188 valence electrons. The van der Waals surface area contributed by atoms with Crippen molar-refractivity contribution in [1.82, 2.24) is 9.47 Å². The maximum absolute atomic E-state index is 13.2. The van der Waals surface area contributed by atoms with Crippen LogP contribution in [0.2, 0.25) is 0 Å². The summed E-state index contributed by atoms with van der Waals surface area (Å²) in [5.74, 6) is 0.230. The highest BCUT2D eigenvalue weighted by Crippen LogP contribution is 2.37. The normalized spacial score (nSPS) is 19.5. The lowest BCUT2D eigenvalue weighted by molar-refractivity contribution is -0.137. The third kappa shape index (κ3) is 5.96. The lowest BCUT2D eigenvalue weighted by atomic mass is 9.98. The fourth-order valence-corrected chi connectivity index (χ4v) is 6.00. The Kier molecular flexibility index (Phi) is 9.14. The van der Waals surface area contributed by atoms with Gasteiger partial charge in [0.2, 0.25) is 0 Å². The molecule has 0 spiro atoms. The Morgan fingerprint density at radius 3 is 2.69 bits per heavy atom. The van der Waals surface area contributed by atoms with Crippen LogP contribution in [-0.4, -0.2) is 50.4 Å². The van der Waals surface area contributed by atoms with Crippen LogP contribution in [0.15, 0.2) is 9.70 Å². The number of thioether (sulfide) groups is 1. The van der Waals surface area contributed by atoms with E-state index in [1.165, 1.54) is 11.8 Å². The van der Waals surface area contributed by atoms with Crippen LogP contribution in [0, 0.1) is 24.2 Å². The van der Waals surface area contributed by atoms with Crippen molar-refractivity contribution < 1.29 is 14.7 Å². The largest absolute Gasteiger partial charge is 0.481 e. The lowest BCUT2D eigenvalue weighted by Gasteiger charge is -2.35. The first-order valence-electron chi connectivity index (χ1n) is 12.1. The molecule has 0 saturated carbocycles. The molecular weight excluding hydrogens is 484 g/mol. The number of nitrogens with zero attached hydrogens (tertiary/aromatic N) is 4. The number of amides is 1. The van der Waals surface area contributed by atoms with Gasteiger partial charge in [-0.1, -0.05) is 37.3 Å². The monoisotopic (exact) mass is 516 g/mol. The quantitative estimate of drug-likeness (QED) is 0.297. The molecule has 1 unspecified atom stereocenters. The van der Waals surface area contributed by atoms with E-state index in [-0.39, 0.29) is 23.5 Å². The predicted molar refractivity (Wildman–Crippen MR) is 142 cm³/mol. The number of carboxylic acids is 1. The van der Waals surface area contributed by atoms with E-state index in [0.717, 1.165) is 37.3 Å². The minimum absolute atomic E-state index is 0.0980. The highest BCUT2D eigenvalue weighted by Gasteiger charge is 2.33. The number of nitriles is 1. The van der Waals surface area contributed by atoms with Gasteiger partial charge in [0.05, 0.1) is 4.91 Å². The summed E-state index contributed by atoms with van der Waals surface area (Å²) in [6.07, 6.45) is 5.98. The molecule has 0 aliphatic carbocycles. The SMILES string of the molecule is CCn1c(N2CCCC(C)C2)c(/C=C2/SC(=S)N(CCCCCC(=O)O)C2=O)c(C)c(C#N)c1=O. The number of thiocarbonyl (C=S) groups is 1. The minimum atomic E-state index is -0.821. The van der Waals surface area contributed by atoms with Crippen molar-refractivity contribution >= 4 is 52.1 Å². The van der Waals surface area contributed by atoms with Crippen molar-refractivity contribution in [3.63, 3.8) is 0 Å². The average Bonchev–Trinajstić information content (AvgIpc) is 3.07.